The Labute approximate surface area is 83.0 Å². The Bertz CT molecular complexity index is 334. The molecular formula is C10H12O2S. The normalized spacial score (nSPS) is 12.5. The SMILES string of the molecule is Cc1cc(C(C)C(=O)O)ccc1S. The second-order valence-corrected chi connectivity index (χ2v) is 3.59. The molecule has 0 aliphatic rings. The van der Waals surface area contributed by atoms with Crippen molar-refractivity contribution in [2.45, 2.75) is 24.7 Å². The highest BCUT2D eigenvalue weighted by Gasteiger charge is 2.13. The van der Waals surface area contributed by atoms with Crippen molar-refractivity contribution in [1.29, 1.82) is 0 Å². The Morgan fingerprint density at radius 1 is 1.54 bits per heavy atom. The monoisotopic (exact) mass is 196 g/mol. The second-order valence-electron chi connectivity index (χ2n) is 3.11. The maximum absolute atomic E-state index is 10.7. The van der Waals surface area contributed by atoms with E-state index in [-0.39, 0.29) is 0 Å². The van der Waals surface area contributed by atoms with Gasteiger partial charge in [-0.15, -0.1) is 12.6 Å². The van der Waals surface area contributed by atoms with Crippen molar-refractivity contribution in [2.75, 3.05) is 0 Å². The van der Waals surface area contributed by atoms with Crippen LogP contribution < -0.4 is 0 Å². The lowest BCUT2D eigenvalue weighted by atomic mass is 10.00. The van der Waals surface area contributed by atoms with Gasteiger partial charge < -0.3 is 5.11 Å². The van der Waals surface area contributed by atoms with E-state index >= 15 is 0 Å². The molecule has 1 aromatic carbocycles. The van der Waals surface area contributed by atoms with Crippen molar-refractivity contribution in [3.8, 4) is 0 Å². The van der Waals surface area contributed by atoms with Gasteiger partial charge in [-0.3, -0.25) is 4.79 Å². The predicted octanol–water partition coefficient (Wildman–Crippen LogP) is 2.47. The molecule has 0 bridgehead atoms. The number of carboxylic acid groups (broad SMARTS) is 1. The van der Waals surface area contributed by atoms with Crippen LogP contribution in [0.5, 0.6) is 0 Å². The maximum atomic E-state index is 10.7. The average molecular weight is 196 g/mol. The minimum absolute atomic E-state index is 0.451. The van der Waals surface area contributed by atoms with Crippen molar-refractivity contribution in [2.24, 2.45) is 0 Å². The third kappa shape index (κ3) is 2.25. The van der Waals surface area contributed by atoms with E-state index in [9.17, 15) is 4.79 Å². The van der Waals surface area contributed by atoms with E-state index in [0.717, 1.165) is 16.0 Å². The summed E-state index contributed by atoms with van der Waals surface area (Å²) in [6.45, 7) is 3.59. The van der Waals surface area contributed by atoms with Gasteiger partial charge in [-0.25, -0.2) is 0 Å². The summed E-state index contributed by atoms with van der Waals surface area (Å²) in [5, 5.41) is 8.78. The van der Waals surface area contributed by atoms with Crippen LogP contribution in [0.4, 0.5) is 0 Å². The summed E-state index contributed by atoms with van der Waals surface area (Å²) >= 11 is 4.22. The molecule has 1 N–H and O–H groups in total. The van der Waals surface area contributed by atoms with E-state index < -0.39 is 11.9 Å². The fourth-order valence-corrected chi connectivity index (χ4v) is 1.23. The molecule has 0 saturated carbocycles. The van der Waals surface area contributed by atoms with Gasteiger partial charge in [-0.05, 0) is 31.0 Å². The fraction of sp³-hybridized carbons (Fsp3) is 0.300. The molecule has 1 unspecified atom stereocenters. The lowest BCUT2D eigenvalue weighted by Crippen LogP contribution is -2.07. The highest BCUT2D eigenvalue weighted by Crippen LogP contribution is 2.20. The molecule has 0 saturated heterocycles. The third-order valence-corrected chi connectivity index (χ3v) is 2.59. The zero-order valence-electron chi connectivity index (χ0n) is 7.61. The number of carboxylic acids is 1. The second kappa shape index (κ2) is 3.83. The molecule has 13 heavy (non-hydrogen) atoms. The van der Waals surface area contributed by atoms with Crippen molar-refractivity contribution >= 4 is 18.6 Å². The first-order valence-electron chi connectivity index (χ1n) is 4.04. The number of thiol groups is 1. The molecule has 0 spiro atoms. The zero-order valence-corrected chi connectivity index (χ0v) is 8.51. The standard InChI is InChI=1S/C10H12O2S/c1-6-5-8(3-4-9(6)13)7(2)10(11)12/h3-5,7,13H,1-2H3,(H,11,12). The molecule has 0 radical (unpaired) electrons. The zero-order chi connectivity index (χ0) is 10.0. The molecule has 3 heteroatoms. The number of carbonyl (C=O) groups is 1. The van der Waals surface area contributed by atoms with Crippen molar-refractivity contribution < 1.29 is 9.90 Å². The molecule has 0 aromatic heterocycles. The summed E-state index contributed by atoms with van der Waals surface area (Å²) in [5.74, 6) is -1.25. The molecule has 1 atom stereocenters. The van der Waals surface area contributed by atoms with E-state index in [1.54, 1.807) is 13.0 Å². The third-order valence-electron chi connectivity index (χ3n) is 2.09. The minimum atomic E-state index is -0.800. The molecule has 70 valence electrons. The van der Waals surface area contributed by atoms with Crippen LogP contribution in [0.1, 0.15) is 24.0 Å². The fourth-order valence-electron chi connectivity index (χ4n) is 1.09. The lowest BCUT2D eigenvalue weighted by molar-refractivity contribution is -0.138. The largest absolute Gasteiger partial charge is 0.481 e. The van der Waals surface area contributed by atoms with Crippen LogP contribution in [0.2, 0.25) is 0 Å². The van der Waals surface area contributed by atoms with Crippen LogP contribution in [-0.4, -0.2) is 11.1 Å². The Morgan fingerprint density at radius 3 is 2.62 bits per heavy atom. The highest BCUT2D eigenvalue weighted by molar-refractivity contribution is 7.80. The number of hydrogen-bond acceptors (Lipinski definition) is 2. The van der Waals surface area contributed by atoms with Crippen molar-refractivity contribution in [3.05, 3.63) is 29.3 Å². The number of benzene rings is 1. The molecule has 0 heterocycles. The summed E-state index contributed by atoms with van der Waals surface area (Å²) in [4.78, 5) is 11.6. The molecular weight excluding hydrogens is 184 g/mol. The summed E-state index contributed by atoms with van der Waals surface area (Å²) < 4.78 is 0. The molecule has 1 aromatic rings. The van der Waals surface area contributed by atoms with E-state index in [4.69, 9.17) is 5.11 Å². The first-order chi connectivity index (χ1) is 6.02. The van der Waals surface area contributed by atoms with Crippen LogP contribution in [0, 0.1) is 6.92 Å². The molecule has 1 rings (SSSR count). The van der Waals surface area contributed by atoms with Gasteiger partial charge in [0.1, 0.15) is 0 Å². The number of rotatable bonds is 2. The Balaban J connectivity index is 3.03. The molecule has 0 fully saturated rings. The topological polar surface area (TPSA) is 37.3 Å². The first kappa shape index (κ1) is 10.1. The molecule has 0 amide bonds. The molecule has 0 aliphatic carbocycles. The Kier molecular flexibility index (Phi) is 2.98. The quantitative estimate of drug-likeness (QED) is 0.713. The van der Waals surface area contributed by atoms with Crippen molar-refractivity contribution in [3.63, 3.8) is 0 Å². The van der Waals surface area contributed by atoms with Gasteiger partial charge in [0.25, 0.3) is 0 Å². The van der Waals surface area contributed by atoms with E-state index in [1.165, 1.54) is 0 Å². The van der Waals surface area contributed by atoms with Gasteiger partial charge in [-0.1, -0.05) is 12.1 Å². The van der Waals surface area contributed by atoms with Gasteiger partial charge in [0, 0.05) is 4.90 Å². The predicted molar refractivity (Wildman–Crippen MR) is 54.5 cm³/mol. The number of hydrogen-bond donors (Lipinski definition) is 2. The maximum Gasteiger partial charge on any atom is 0.310 e. The first-order valence-corrected chi connectivity index (χ1v) is 4.49. The smallest absolute Gasteiger partial charge is 0.310 e. The van der Waals surface area contributed by atoms with Gasteiger partial charge in [0.2, 0.25) is 0 Å². The van der Waals surface area contributed by atoms with Crippen LogP contribution in [0.25, 0.3) is 0 Å². The van der Waals surface area contributed by atoms with Gasteiger partial charge in [-0.2, -0.15) is 0 Å². The van der Waals surface area contributed by atoms with E-state index in [0.29, 0.717) is 0 Å². The Hall–Kier alpha value is -0.960. The van der Waals surface area contributed by atoms with Crippen LogP contribution in [0.3, 0.4) is 0 Å². The van der Waals surface area contributed by atoms with Crippen LogP contribution >= 0.6 is 12.6 Å². The number of aliphatic carboxylic acids is 1. The highest BCUT2D eigenvalue weighted by atomic mass is 32.1. The van der Waals surface area contributed by atoms with E-state index in [1.807, 2.05) is 19.1 Å². The lowest BCUT2D eigenvalue weighted by Gasteiger charge is -2.08. The minimum Gasteiger partial charge on any atom is -0.481 e. The molecule has 2 nitrogen and oxygen atoms in total. The van der Waals surface area contributed by atoms with Gasteiger partial charge >= 0.3 is 5.97 Å². The molecule has 0 aliphatic heterocycles. The van der Waals surface area contributed by atoms with Gasteiger partial charge in [0.15, 0.2) is 0 Å². The van der Waals surface area contributed by atoms with Gasteiger partial charge in [0.05, 0.1) is 5.92 Å². The summed E-state index contributed by atoms with van der Waals surface area (Å²) in [6, 6.07) is 5.49. The van der Waals surface area contributed by atoms with Crippen LogP contribution in [0.15, 0.2) is 23.1 Å². The van der Waals surface area contributed by atoms with Crippen molar-refractivity contribution in [1.82, 2.24) is 0 Å². The number of aryl methyl sites for hydroxylation is 1. The average Bonchev–Trinajstić information content (AvgIpc) is 2.08. The Morgan fingerprint density at radius 2 is 2.15 bits per heavy atom. The summed E-state index contributed by atoms with van der Waals surface area (Å²) in [5.41, 5.74) is 1.83. The summed E-state index contributed by atoms with van der Waals surface area (Å²) in [6.07, 6.45) is 0. The van der Waals surface area contributed by atoms with E-state index in [2.05, 4.69) is 12.6 Å². The summed E-state index contributed by atoms with van der Waals surface area (Å²) in [7, 11) is 0. The van der Waals surface area contributed by atoms with Crippen LogP contribution in [-0.2, 0) is 4.79 Å².